The summed E-state index contributed by atoms with van der Waals surface area (Å²) in [4.78, 5) is 23.7. The zero-order valence-electron chi connectivity index (χ0n) is 11.7. The largest absolute Gasteiger partial charge is 0.481 e. The molecule has 2 aliphatic carbocycles. The number of amides is 1. The number of hydrogen-bond acceptors (Lipinski definition) is 2. The second-order valence-electron chi connectivity index (χ2n) is 5.86. The van der Waals surface area contributed by atoms with Crippen LogP contribution in [0.3, 0.4) is 0 Å². The van der Waals surface area contributed by atoms with Crippen molar-refractivity contribution >= 4 is 11.9 Å². The first kappa shape index (κ1) is 13.9. The van der Waals surface area contributed by atoms with Gasteiger partial charge in [-0.3, -0.25) is 9.59 Å². The molecule has 1 aromatic carbocycles. The maximum absolute atomic E-state index is 12.3. The molecule has 0 aromatic heterocycles. The molecule has 4 atom stereocenters. The highest BCUT2D eigenvalue weighted by Gasteiger charge is 2.51. The topological polar surface area (TPSA) is 66.4 Å². The molecule has 3 rings (SSSR count). The van der Waals surface area contributed by atoms with Crippen LogP contribution in [0.2, 0.25) is 0 Å². The molecule has 0 heterocycles. The highest BCUT2D eigenvalue weighted by Crippen LogP contribution is 2.48. The summed E-state index contributed by atoms with van der Waals surface area (Å²) in [5.74, 6) is -1.82. The number of benzene rings is 1. The molecule has 21 heavy (non-hydrogen) atoms. The Hall–Kier alpha value is -2.10. The first-order valence-corrected chi connectivity index (χ1v) is 7.39. The second-order valence-corrected chi connectivity index (χ2v) is 5.86. The number of carboxylic acids is 1. The molecule has 1 saturated carbocycles. The summed E-state index contributed by atoms with van der Waals surface area (Å²) < 4.78 is 0. The molecular formula is C17H19NO3. The monoisotopic (exact) mass is 285 g/mol. The molecule has 4 heteroatoms. The second kappa shape index (κ2) is 5.72. The Morgan fingerprint density at radius 1 is 1.10 bits per heavy atom. The predicted octanol–water partition coefficient (Wildman–Crippen LogP) is 1.87. The summed E-state index contributed by atoms with van der Waals surface area (Å²) in [6, 6.07) is 9.94. The molecule has 2 bridgehead atoms. The van der Waals surface area contributed by atoms with E-state index in [-0.39, 0.29) is 17.7 Å². The van der Waals surface area contributed by atoms with Crippen LogP contribution < -0.4 is 5.32 Å². The van der Waals surface area contributed by atoms with E-state index in [2.05, 4.69) is 5.32 Å². The Morgan fingerprint density at radius 2 is 1.76 bits per heavy atom. The van der Waals surface area contributed by atoms with Gasteiger partial charge in [-0.15, -0.1) is 0 Å². The Labute approximate surface area is 123 Å². The van der Waals surface area contributed by atoms with Crippen LogP contribution in [0.15, 0.2) is 42.5 Å². The molecular weight excluding hydrogens is 266 g/mol. The number of rotatable bonds is 5. The van der Waals surface area contributed by atoms with Crippen molar-refractivity contribution in [3.8, 4) is 0 Å². The van der Waals surface area contributed by atoms with Gasteiger partial charge in [-0.05, 0) is 30.2 Å². The lowest BCUT2D eigenvalue weighted by Crippen LogP contribution is -2.40. The Kier molecular flexibility index (Phi) is 3.78. The molecule has 0 radical (unpaired) electrons. The van der Waals surface area contributed by atoms with Gasteiger partial charge in [0.1, 0.15) is 0 Å². The summed E-state index contributed by atoms with van der Waals surface area (Å²) >= 11 is 0. The maximum atomic E-state index is 12.3. The summed E-state index contributed by atoms with van der Waals surface area (Å²) in [6.07, 6.45) is 5.53. The molecule has 0 unspecified atom stereocenters. The van der Waals surface area contributed by atoms with E-state index in [4.69, 9.17) is 0 Å². The fraction of sp³-hybridized carbons (Fsp3) is 0.412. The number of allylic oxidation sites excluding steroid dienone is 2. The zero-order valence-corrected chi connectivity index (χ0v) is 11.7. The first-order valence-electron chi connectivity index (χ1n) is 7.39. The highest BCUT2D eigenvalue weighted by molar-refractivity contribution is 5.86. The van der Waals surface area contributed by atoms with Crippen molar-refractivity contribution in [1.82, 2.24) is 5.32 Å². The quantitative estimate of drug-likeness (QED) is 0.812. The van der Waals surface area contributed by atoms with Crippen LogP contribution in [0.25, 0.3) is 0 Å². The molecule has 2 N–H and O–H groups in total. The minimum atomic E-state index is -0.852. The number of carbonyl (C=O) groups excluding carboxylic acids is 1. The van der Waals surface area contributed by atoms with Gasteiger partial charge in [-0.25, -0.2) is 0 Å². The lowest BCUT2D eigenvalue weighted by Gasteiger charge is -2.23. The minimum Gasteiger partial charge on any atom is -0.481 e. The van der Waals surface area contributed by atoms with Gasteiger partial charge in [-0.1, -0.05) is 42.5 Å². The third kappa shape index (κ3) is 2.71. The van der Waals surface area contributed by atoms with E-state index in [9.17, 15) is 14.7 Å². The molecule has 2 aliphatic rings. The van der Waals surface area contributed by atoms with E-state index in [1.807, 2.05) is 42.5 Å². The smallest absolute Gasteiger partial charge is 0.307 e. The standard InChI is InChI=1S/C17H19NO3/c19-16(18-9-8-11-4-2-1-3-5-11)14-12-6-7-13(10-12)15(14)17(20)21/h1-7,12-15H,8-10H2,(H,18,19)(H,20,21)/t12-,13+,14-,15+/m0/s1. The predicted molar refractivity (Wildman–Crippen MR) is 78.5 cm³/mol. The van der Waals surface area contributed by atoms with Crippen molar-refractivity contribution < 1.29 is 14.7 Å². The lowest BCUT2D eigenvalue weighted by molar-refractivity contribution is -0.147. The fourth-order valence-corrected chi connectivity index (χ4v) is 3.61. The van der Waals surface area contributed by atoms with Crippen molar-refractivity contribution in [2.24, 2.45) is 23.7 Å². The minimum absolute atomic E-state index is 0.0253. The summed E-state index contributed by atoms with van der Waals surface area (Å²) in [5, 5.41) is 12.3. The summed E-state index contributed by atoms with van der Waals surface area (Å²) in [5.41, 5.74) is 1.17. The average molecular weight is 285 g/mol. The number of hydrogen-bond donors (Lipinski definition) is 2. The molecule has 0 spiro atoms. The lowest BCUT2D eigenvalue weighted by atomic mass is 9.82. The Morgan fingerprint density at radius 3 is 2.43 bits per heavy atom. The molecule has 1 aromatic rings. The van der Waals surface area contributed by atoms with Crippen LogP contribution in [0.5, 0.6) is 0 Å². The van der Waals surface area contributed by atoms with E-state index in [0.29, 0.717) is 6.54 Å². The van der Waals surface area contributed by atoms with Crippen LogP contribution in [0.4, 0.5) is 0 Å². The van der Waals surface area contributed by atoms with E-state index in [0.717, 1.165) is 12.8 Å². The van der Waals surface area contributed by atoms with Gasteiger partial charge in [0.15, 0.2) is 0 Å². The summed E-state index contributed by atoms with van der Waals surface area (Å²) in [6.45, 7) is 0.548. The van der Waals surface area contributed by atoms with Crippen molar-refractivity contribution in [2.75, 3.05) is 6.54 Å². The van der Waals surface area contributed by atoms with Gasteiger partial charge in [0, 0.05) is 6.54 Å². The number of fused-ring (bicyclic) bond motifs is 2. The number of aliphatic carboxylic acids is 1. The summed E-state index contributed by atoms with van der Waals surface area (Å²) in [7, 11) is 0. The molecule has 0 saturated heterocycles. The fourth-order valence-electron chi connectivity index (χ4n) is 3.61. The average Bonchev–Trinajstić information content (AvgIpc) is 3.08. The Balaban J connectivity index is 1.58. The van der Waals surface area contributed by atoms with Gasteiger partial charge in [0.25, 0.3) is 0 Å². The van der Waals surface area contributed by atoms with Crippen molar-refractivity contribution in [1.29, 1.82) is 0 Å². The van der Waals surface area contributed by atoms with E-state index in [1.165, 1.54) is 5.56 Å². The van der Waals surface area contributed by atoms with Crippen LogP contribution in [0.1, 0.15) is 12.0 Å². The van der Waals surface area contributed by atoms with Gasteiger partial charge in [0.2, 0.25) is 5.91 Å². The number of carbonyl (C=O) groups is 2. The Bertz CT molecular complexity index is 567. The third-order valence-electron chi connectivity index (χ3n) is 4.60. The van der Waals surface area contributed by atoms with E-state index < -0.39 is 17.8 Å². The first-order chi connectivity index (χ1) is 10.2. The molecule has 0 aliphatic heterocycles. The van der Waals surface area contributed by atoms with Gasteiger partial charge in [0.05, 0.1) is 11.8 Å². The SMILES string of the molecule is O=C(NCCc1ccccc1)[C@@H]1[C@H](C(=O)O)[C@@H]2C=C[C@H]1C2. The van der Waals surface area contributed by atoms with E-state index in [1.54, 1.807) is 0 Å². The zero-order chi connectivity index (χ0) is 14.8. The van der Waals surface area contributed by atoms with Crippen molar-refractivity contribution in [3.63, 3.8) is 0 Å². The van der Waals surface area contributed by atoms with Crippen LogP contribution in [-0.2, 0) is 16.0 Å². The normalized spacial score (nSPS) is 29.5. The van der Waals surface area contributed by atoms with E-state index >= 15 is 0 Å². The van der Waals surface area contributed by atoms with Crippen LogP contribution in [0, 0.1) is 23.7 Å². The van der Waals surface area contributed by atoms with Crippen LogP contribution >= 0.6 is 0 Å². The van der Waals surface area contributed by atoms with Gasteiger partial charge < -0.3 is 10.4 Å². The number of carboxylic acid groups (broad SMARTS) is 1. The maximum Gasteiger partial charge on any atom is 0.307 e. The van der Waals surface area contributed by atoms with Crippen LogP contribution in [-0.4, -0.2) is 23.5 Å². The van der Waals surface area contributed by atoms with Crippen molar-refractivity contribution in [3.05, 3.63) is 48.0 Å². The molecule has 1 amide bonds. The van der Waals surface area contributed by atoms with Gasteiger partial charge >= 0.3 is 5.97 Å². The molecule has 110 valence electrons. The molecule has 4 nitrogen and oxygen atoms in total. The highest BCUT2D eigenvalue weighted by atomic mass is 16.4. The van der Waals surface area contributed by atoms with Crippen molar-refractivity contribution in [2.45, 2.75) is 12.8 Å². The van der Waals surface area contributed by atoms with Gasteiger partial charge in [-0.2, -0.15) is 0 Å². The number of nitrogens with one attached hydrogen (secondary N) is 1. The molecule has 1 fully saturated rings. The third-order valence-corrected chi connectivity index (χ3v) is 4.60.